The second-order valence-electron chi connectivity index (χ2n) is 6.58. The molecule has 27 heavy (non-hydrogen) atoms. The fraction of sp³-hybridized carbons (Fsp3) is 0.200. The number of aromatic nitrogens is 2. The minimum atomic E-state index is -0.470. The molecular formula is C20H20FN5O. The predicted octanol–water partition coefficient (Wildman–Crippen LogP) is 3.23. The number of benzene rings is 2. The molecule has 0 spiro atoms. The lowest BCUT2D eigenvalue weighted by atomic mass is 10.1. The van der Waals surface area contributed by atoms with E-state index in [4.69, 9.17) is 5.73 Å². The molecule has 1 amide bonds. The number of rotatable bonds is 2. The molecule has 0 atom stereocenters. The van der Waals surface area contributed by atoms with Gasteiger partial charge in [-0.2, -0.15) is 5.10 Å². The molecule has 2 aromatic carbocycles. The Morgan fingerprint density at radius 1 is 1.30 bits per heavy atom. The first-order valence-electron chi connectivity index (χ1n) is 8.68. The van der Waals surface area contributed by atoms with Crippen molar-refractivity contribution in [3.05, 3.63) is 70.7 Å². The van der Waals surface area contributed by atoms with Gasteiger partial charge in [0.05, 0.1) is 23.6 Å². The average Bonchev–Trinajstić information content (AvgIpc) is 2.83. The molecule has 0 unspecified atom stereocenters. The van der Waals surface area contributed by atoms with E-state index in [0.29, 0.717) is 12.1 Å². The van der Waals surface area contributed by atoms with E-state index in [0.717, 1.165) is 28.5 Å². The van der Waals surface area contributed by atoms with Gasteiger partial charge >= 0.3 is 0 Å². The van der Waals surface area contributed by atoms with Crippen LogP contribution in [0.3, 0.4) is 0 Å². The summed E-state index contributed by atoms with van der Waals surface area (Å²) < 4.78 is 16.0. The second kappa shape index (κ2) is 6.51. The molecule has 1 aliphatic heterocycles. The molecular weight excluding hydrogens is 345 g/mol. The number of halogens is 1. The van der Waals surface area contributed by atoms with E-state index in [2.05, 4.69) is 10.4 Å². The monoisotopic (exact) mass is 365 g/mol. The van der Waals surface area contributed by atoms with Crippen molar-refractivity contribution >= 4 is 23.1 Å². The molecule has 0 radical (unpaired) electrons. The van der Waals surface area contributed by atoms with Crippen LogP contribution in [0.5, 0.6) is 0 Å². The Morgan fingerprint density at radius 3 is 2.81 bits per heavy atom. The largest absolute Gasteiger partial charge is 0.338 e. The summed E-state index contributed by atoms with van der Waals surface area (Å²) in [5.74, 6) is 0.102. The van der Waals surface area contributed by atoms with Gasteiger partial charge in [0.25, 0.3) is 5.91 Å². The zero-order valence-electron chi connectivity index (χ0n) is 15.2. The lowest BCUT2D eigenvalue weighted by Gasteiger charge is -2.23. The van der Waals surface area contributed by atoms with E-state index >= 15 is 0 Å². The summed E-state index contributed by atoms with van der Waals surface area (Å²) in [5, 5.41) is 7.83. The van der Waals surface area contributed by atoms with Crippen LogP contribution < -0.4 is 16.0 Å². The zero-order valence-corrected chi connectivity index (χ0v) is 15.2. The van der Waals surface area contributed by atoms with Crippen LogP contribution in [0.1, 0.15) is 27.2 Å². The van der Waals surface area contributed by atoms with Crippen LogP contribution in [0.4, 0.5) is 21.6 Å². The third kappa shape index (κ3) is 2.86. The highest BCUT2D eigenvalue weighted by Gasteiger charge is 2.28. The summed E-state index contributed by atoms with van der Waals surface area (Å²) in [5.41, 5.74) is 9.50. The van der Waals surface area contributed by atoms with Gasteiger partial charge in [0, 0.05) is 30.3 Å². The van der Waals surface area contributed by atoms with E-state index in [1.54, 1.807) is 21.7 Å². The van der Waals surface area contributed by atoms with Crippen molar-refractivity contribution in [3.8, 4) is 0 Å². The van der Waals surface area contributed by atoms with Gasteiger partial charge in [-0.05, 0) is 31.2 Å². The fourth-order valence-corrected chi connectivity index (χ4v) is 3.42. The molecule has 0 fully saturated rings. The van der Waals surface area contributed by atoms with Gasteiger partial charge in [-0.15, -0.1) is 0 Å². The maximum Gasteiger partial charge on any atom is 0.258 e. The number of carbonyl (C=O) groups is 1. The quantitative estimate of drug-likeness (QED) is 0.731. The van der Waals surface area contributed by atoms with Crippen molar-refractivity contribution < 1.29 is 9.18 Å². The van der Waals surface area contributed by atoms with Crippen molar-refractivity contribution in [2.75, 3.05) is 10.2 Å². The molecule has 4 rings (SSSR count). The summed E-state index contributed by atoms with van der Waals surface area (Å²) in [6.07, 6.45) is 0. The Kier molecular flexibility index (Phi) is 4.16. The van der Waals surface area contributed by atoms with Crippen LogP contribution in [0.25, 0.3) is 0 Å². The second-order valence-corrected chi connectivity index (χ2v) is 6.58. The van der Waals surface area contributed by atoms with Gasteiger partial charge in [0.1, 0.15) is 11.6 Å². The predicted molar refractivity (Wildman–Crippen MR) is 102 cm³/mol. The van der Waals surface area contributed by atoms with Gasteiger partial charge < -0.3 is 16.0 Å². The van der Waals surface area contributed by atoms with Crippen molar-refractivity contribution in [2.24, 2.45) is 12.8 Å². The topological polar surface area (TPSA) is 76.2 Å². The fourth-order valence-electron chi connectivity index (χ4n) is 3.42. The summed E-state index contributed by atoms with van der Waals surface area (Å²) in [6, 6.07) is 12.0. The lowest BCUT2D eigenvalue weighted by Crippen LogP contribution is -2.30. The van der Waals surface area contributed by atoms with Crippen molar-refractivity contribution in [2.45, 2.75) is 20.0 Å². The number of fused-ring (bicyclic) bond motifs is 2. The highest BCUT2D eigenvalue weighted by Crippen LogP contribution is 2.37. The highest BCUT2D eigenvalue weighted by molar-refractivity contribution is 6.08. The standard InChI is InChI=1S/C20H20FN5O/c1-12-15-11-26(20(27)13-7-8-14(10-22)16(21)9-13)18-6-4-3-5-17(18)23-19(15)25(2)24-12/h3-9,23H,10-11,22H2,1-2H3. The van der Waals surface area contributed by atoms with Gasteiger partial charge in [-0.3, -0.25) is 9.48 Å². The maximum absolute atomic E-state index is 14.2. The minimum Gasteiger partial charge on any atom is -0.338 e. The highest BCUT2D eigenvalue weighted by atomic mass is 19.1. The molecule has 0 bridgehead atoms. The first kappa shape index (κ1) is 17.2. The number of aryl methyl sites for hydroxylation is 2. The van der Waals surface area contributed by atoms with Crippen LogP contribution in [0.2, 0.25) is 0 Å². The van der Waals surface area contributed by atoms with Crippen LogP contribution in [-0.2, 0) is 20.1 Å². The van der Waals surface area contributed by atoms with E-state index < -0.39 is 5.82 Å². The number of nitrogens with zero attached hydrogens (tertiary/aromatic N) is 3. The number of para-hydroxylation sites is 2. The van der Waals surface area contributed by atoms with Crippen LogP contribution >= 0.6 is 0 Å². The minimum absolute atomic E-state index is 0.0923. The Hall–Kier alpha value is -3.19. The third-order valence-electron chi connectivity index (χ3n) is 4.88. The zero-order chi connectivity index (χ0) is 19.1. The number of anilines is 3. The van der Waals surface area contributed by atoms with Crippen molar-refractivity contribution in [1.82, 2.24) is 9.78 Å². The van der Waals surface area contributed by atoms with E-state index in [1.807, 2.05) is 38.2 Å². The molecule has 0 aliphatic carbocycles. The van der Waals surface area contributed by atoms with E-state index in [-0.39, 0.29) is 18.0 Å². The maximum atomic E-state index is 14.2. The number of nitrogens with two attached hydrogens (primary N) is 1. The lowest BCUT2D eigenvalue weighted by molar-refractivity contribution is 0.0985. The SMILES string of the molecule is Cc1nn(C)c2c1CN(C(=O)c1ccc(CN)c(F)c1)c1ccccc1N2. The molecule has 0 saturated heterocycles. The first-order valence-corrected chi connectivity index (χ1v) is 8.68. The molecule has 2 heterocycles. The van der Waals surface area contributed by atoms with Crippen LogP contribution in [0, 0.1) is 12.7 Å². The molecule has 7 heteroatoms. The Morgan fingerprint density at radius 2 is 2.07 bits per heavy atom. The van der Waals surface area contributed by atoms with Crippen molar-refractivity contribution in [1.29, 1.82) is 0 Å². The molecule has 3 N–H and O–H groups in total. The molecule has 1 aromatic heterocycles. The number of carbonyl (C=O) groups excluding carboxylic acids is 1. The number of amides is 1. The van der Waals surface area contributed by atoms with Crippen molar-refractivity contribution in [3.63, 3.8) is 0 Å². The molecule has 1 aliphatic rings. The molecule has 3 aromatic rings. The van der Waals surface area contributed by atoms with Crippen LogP contribution in [-0.4, -0.2) is 15.7 Å². The first-order chi connectivity index (χ1) is 13.0. The smallest absolute Gasteiger partial charge is 0.258 e. The van der Waals surface area contributed by atoms with E-state index in [1.165, 1.54) is 6.07 Å². The van der Waals surface area contributed by atoms with Gasteiger partial charge in [-0.1, -0.05) is 18.2 Å². The number of hydrogen-bond acceptors (Lipinski definition) is 4. The number of hydrogen-bond donors (Lipinski definition) is 2. The summed E-state index contributed by atoms with van der Waals surface area (Å²) in [7, 11) is 1.86. The summed E-state index contributed by atoms with van der Waals surface area (Å²) >= 11 is 0. The third-order valence-corrected chi connectivity index (χ3v) is 4.88. The summed E-state index contributed by atoms with van der Waals surface area (Å²) in [6.45, 7) is 2.35. The normalized spacial score (nSPS) is 12.8. The molecule has 138 valence electrons. The van der Waals surface area contributed by atoms with E-state index in [9.17, 15) is 9.18 Å². The number of nitrogens with one attached hydrogen (secondary N) is 1. The molecule has 0 saturated carbocycles. The Bertz CT molecular complexity index is 1040. The van der Waals surface area contributed by atoms with Crippen LogP contribution in [0.15, 0.2) is 42.5 Å². The summed E-state index contributed by atoms with van der Waals surface area (Å²) in [4.78, 5) is 14.9. The van der Waals surface area contributed by atoms with Gasteiger partial charge in [0.15, 0.2) is 0 Å². The Balaban J connectivity index is 1.82. The molecule has 6 nitrogen and oxygen atoms in total. The average molecular weight is 365 g/mol. The van der Waals surface area contributed by atoms with Gasteiger partial charge in [0.2, 0.25) is 0 Å². The van der Waals surface area contributed by atoms with Gasteiger partial charge in [-0.25, -0.2) is 4.39 Å². The Labute approximate surface area is 156 Å².